The molecule has 1 N–H and O–H groups in total. The van der Waals surface area contributed by atoms with Crippen LogP contribution < -0.4 is 0 Å². The Bertz CT molecular complexity index is 1280. The van der Waals surface area contributed by atoms with E-state index in [1.165, 1.54) is 0 Å². The molecule has 1 spiro atoms. The first-order chi connectivity index (χ1) is 19.3. The van der Waals surface area contributed by atoms with Crippen LogP contribution in [0.15, 0.2) is 36.9 Å². The summed E-state index contributed by atoms with van der Waals surface area (Å²) in [5, 5.41) is 17.6. The molecule has 2 bridgehead atoms. The highest BCUT2D eigenvalue weighted by atomic mass is 16.6. The minimum atomic E-state index is -1.12. The molecule has 11 heteroatoms. The lowest BCUT2D eigenvalue weighted by molar-refractivity contribution is -0.160. The number of nitrogens with zero attached hydrogens (tertiary/aromatic N) is 5. The van der Waals surface area contributed by atoms with Gasteiger partial charge in [-0.2, -0.15) is 0 Å². The van der Waals surface area contributed by atoms with E-state index in [4.69, 9.17) is 14.6 Å². The minimum Gasteiger partial charge on any atom is -0.466 e. The van der Waals surface area contributed by atoms with E-state index >= 15 is 0 Å². The Hall–Kier alpha value is -3.31. The van der Waals surface area contributed by atoms with Gasteiger partial charge in [0.15, 0.2) is 0 Å². The summed E-state index contributed by atoms with van der Waals surface area (Å²) in [4.78, 5) is 45.1. The number of hydrogen-bond donors (Lipinski definition) is 1. The summed E-state index contributed by atoms with van der Waals surface area (Å²) in [5.41, 5.74) is -0.480. The molecule has 3 aliphatic heterocycles. The summed E-state index contributed by atoms with van der Waals surface area (Å²) in [5.74, 6) is -2.49. The summed E-state index contributed by atoms with van der Waals surface area (Å²) in [6.45, 7) is 8.51. The van der Waals surface area contributed by atoms with Gasteiger partial charge in [0.2, 0.25) is 11.8 Å². The van der Waals surface area contributed by atoms with Crippen molar-refractivity contribution in [2.24, 2.45) is 11.8 Å². The second-order valence-electron chi connectivity index (χ2n) is 11.2. The molecule has 5 atom stereocenters. The number of aliphatic hydroxyl groups is 1. The van der Waals surface area contributed by atoms with Crippen molar-refractivity contribution in [1.82, 2.24) is 24.8 Å². The molecule has 0 saturated carbocycles. The van der Waals surface area contributed by atoms with Gasteiger partial charge in [0.05, 0.1) is 23.6 Å². The van der Waals surface area contributed by atoms with Crippen LogP contribution in [0.5, 0.6) is 0 Å². The van der Waals surface area contributed by atoms with Crippen LogP contribution in [-0.2, 0) is 30.5 Å². The Kier molecular flexibility index (Phi) is 7.96. The van der Waals surface area contributed by atoms with Gasteiger partial charge in [0.1, 0.15) is 29.7 Å². The quantitative estimate of drug-likeness (QED) is 0.227. The number of ether oxygens (including phenoxy) is 2. The molecule has 3 saturated heterocycles. The van der Waals surface area contributed by atoms with Crippen LogP contribution in [0.25, 0.3) is 11.0 Å². The third kappa shape index (κ3) is 4.58. The largest absolute Gasteiger partial charge is 0.466 e. The van der Waals surface area contributed by atoms with Gasteiger partial charge in [0, 0.05) is 19.7 Å². The molecule has 4 heterocycles. The SMILES string of the molecule is C=CCN(Cn1nnc2ccccc21)C(=O)C1N(CCCCCCO)C(=O)[C@@H]2[C@@H](C(=O)OCC)[C@@]3(C)CCC12O3. The molecule has 2 amide bonds. The predicted octanol–water partition coefficient (Wildman–Crippen LogP) is 2.28. The van der Waals surface area contributed by atoms with E-state index < -0.39 is 35.0 Å². The van der Waals surface area contributed by atoms with Gasteiger partial charge >= 0.3 is 5.97 Å². The zero-order chi connectivity index (χ0) is 28.5. The van der Waals surface area contributed by atoms with E-state index in [0.717, 1.165) is 23.9 Å². The number of rotatable bonds is 13. The first kappa shape index (κ1) is 28.2. The lowest BCUT2D eigenvalue weighted by Gasteiger charge is -2.36. The molecular weight excluding hydrogens is 514 g/mol. The number of hydrogen-bond acceptors (Lipinski definition) is 8. The van der Waals surface area contributed by atoms with Crippen molar-refractivity contribution in [3.63, 3.8) is 0 Å². The molecule has 2 aromatic rings. The van der Waals surface area contributed by atoms with Crippen LogP contribution in [0, 0.1) is 11.8 Å². The standard InChI is InChI=1S/C29H39N5O6/c1-4-16-32(19-34-21-13-9-8-12-20(21)30-31-34)26(37)24-29-15-14-28(3,40-29)23(27(38)39-5-2)22(29)25(36)33(24)17-10-6-7-11-18-35/h4,8-9,12-13,22-24,35H,1,5-7,10-11,14-19H2,2-3H3/t22-,23-,24?,28+,29?/m0/s1. The number of unbranched alkanes of at least 4 members (excludes halogenated alkanes) is 3. The molecule has 216 valence electrons. The fourth-order valence-electron chi connectivity index (χ4n) is 7.01. The number of aromatic nitrogens is 3. The molecule has 2 unspecified atom stereocenters. The van der Waals surface area contributed by atoms with Crippen LogP contribution in [0.2, 0.25) is 0 Å². The number of para-hydroxylation sites is 1. The number of carbonyl (C=O) groups excluding carboxylic acids is 3. The monoisotopic (exact) mass is 553 g/mol. The molecule has 5 rings (SSSR count). The second-order valence-corrected chi connectivity index (χ2v) is 11.2. The van der Waals surface area contributed by atoms with Crippen molar-refractivity contribution < 1.29 is 29.0 Å². The average molecular weight is 554 g/mol. The van der Waals surface area contributed by atoms with Gasteiger partial charge in [-0.05, 0) is 51.7 Å². The van der Waals surface area contributed by atoms with Gasteiger partial charge in [-0.15, -0.1) is 11.7 Å². The Labute approximate surface area is 234 Å². The molecule has 40 heavy (non-hydrogen) atoms. The Balaban J connectivity index is 1.49. The molecule has 3 aliphatic rings. The highest BCUT2D eigenvalue weighted by Gasteiger charge is 2.78. The van der Waals surface area contributed by atoms with E-state index in [9.17, 15) is 14.4 Å². The zero-order valence-corrected chi connectivity index (χ0v) is 23.3. The second kappa shape index (κ2) is 11.3. The van der Waals surface area contributed by atoms with Crippen LogP contribution in [-0.4, -0.2) is 91.2 Å². The maximum atomic E-state index is 14.5. The normalized spacial score (nSPS) is 28.7. The summed E-state index contributed by atoms with van der Waals surface area (Å²) in [7, 11) is 0. The molecule has 0 radical (unpaired) electrons. The van der Waals surface area contributed by atoms with Gasteiger partial charge in [-0.1, -0.05) is 36.3 Å². The summed E-state index contributed by atoms with van der Waals surface area (Å²) in [6, 6.07) is 6.63. The average Bonchev–Trinajstić information content (AvgIpc) is 3.64. The van der Waals surface area contributed by atoms with Crippen LogP contribution in [0.3, 0.4) is 0 Å². The lowest BCUT2D eigenvalue weighted by Crippen LogP contribution is -2.56. The molecule has 0 aliphatic carbocycles. The number of aliphatic hydroxyl groups excluding tert-OH is 1. The summed E-state index contributed by atoms with van der Waals surface area (Å²) < 4.78 is 13.7. The van der Waals surface area contributed by atoms with Crippen molar-refractivity contribution >= 4 is 28.8 Å². The Morgan fingerprint density at radius 1 is 1.25 bits per heavy atom. The number of carbonyl (C=O) groups is 3. The third-order valence-electron chi connectivity index (χ3n) is 8.74. The lowest BCUT2D eigenvalue weighted by atomic mass is 9.66. The van der Waals surface area contributed by atoms with Gasteiger partial charge in [-0.25, -0.2) is 4.68 Å². The molecule has 1 aromatic heterocycles. The van der Waals surface area contributed by atoms with E-state index in [1.54, 1.807) is 27.5 Å². The first-order valence-corrected chi connectivity index (χ1v) is 14.3. The van der Waals surface area contributed by atoms with Crippen molar-refractivity contribution in [2.75, 3.05) is 26.3 Å². The topological polar surface area (TPSA) is 127 Å². The van der Waals surface area contributed by atoms with Crippen molar-refractivity contribution in [3.05, 3.63) is 36.9 Å². The highest BCUT2D eigenvalue weighted by Crippen LogP contribution is 2.63. The van der Waals surface area contributed by atoms with E-state index in [2.05, 4.69) is 16.9 Å². The first-order valence-electron chi connectivity index (χ1n) is 14.3. The number of esters is 1. The summed E-state index contributed by atoms with van der Waals surface area (Å²) >= 11 is 0. The van der Waals surface area contributed by atoms with Crippen molar-refractivity contribution in [3.8, 4) is 0 Å². The van der Waals surface area contributed by atoms with Crippen LogP contribution in [0.1, 0.15) is 52.4 Å². The number of amides is 2. The smallest absolute Gasteiger partial charge is 0.312 e. The minimum absolute atomic E-state index is 0.121. The maximum Gasteiger partial charge on any atom is 0.312 e. The maximum absolute atomic E-state index is 14.5. The van der Waals surface area contributed by atoms with E-state index in [-0.39, 0.29) is 38.2 Å². The summed E-state index contributed by atoms with van der Waals surface area (Å²) in [6.07, 6.45) is 5.71. The molecular formula is C29H39N5O6. The number of likely N-dealkylation sites (tertiary alicyclic amines) is 1. The van der Waals surface area contributed by atoms with Gasteiger partial charge in [0.25, 0.3) is 0 Å². The number of fused-ring (bicyclic) bond motifs is 2. The zero-order valence-electron chi connectivity index (χ0n) is 23.3. The van der Waals surface area contributed by atoms with E-state index in [1.807, 2.05) is 31.2 Å². The van der Waals surface area contributed by atoms with Gasteiger partial charge < -0.3 is 24.4 Å². The van der Waals surface area contributed by atoms with Crippen molar-refractivity contribution in [1.29, 1.82) is 0 Å². The van der Waals surface area contributed by atoms with Crippen LogP contribution in [0.4, 0.5) is 0 Å². The Morgan fingerprint density at radius 2 is 2.02 bits per heavy atom. The molecule has 1 aromatic carbocycles. The number of benzene rings is 1. The fourth-order valence-corrected chi connectivity index (χ4v) is 7.01. The third-order valence-corrected chi connectivity index (χ3v) is 8.74. The Morgan fingerprint density at radius 3 is 2.77 bits per heavy atom. The van der Waals surface area contributed by atoms with Crippen LogP contribution >= 0.6 is 0 Å². The van der Waals surface area contributed by atoms with E-state index in [0.29, 0.717) is 32.2 Å². The molecule has 3 fully saturated rings. The highest BCUT2D eigenvalue weighted by molar-refractivity contribution is 5.98. The fraction of sp³-hybridized carbons (Fsp3) is 0.621. The predicted molar refractivity (Wildman–Crippen MR) is 146 cm³/mol. The van der Waals surface area contributed by atoms with Gasteiger partial charge in [-0.3, -0.25) is 14.4 Å². The van der Waals surface area contributed by atoms with Crippen molar-refractivity contribution in [2.45, 2.75) is 76.3 Å². The molecule has 11 nitrogen and oxygen atoms in total.